The normalized spacial score (nSPS) is 20.9. The predicted octanol–water partition coefficient (Wildman–Crippen LogP) is 2.33. The van der Waals surface area contributed by atoms with Crippen LogP contribution in [0.25, 0.3) is 0 Å². The van der Waals surface area contributed by atoms with Crippen molar-refractivity contribution in [3.05, 3.63) is 54.4 Å². The zero-order chi connectivity index (χ0) is 19.7. The van der Waals surface area contributed by atoms with Crippen LogP contribution in [0.1, 0.15) is 12.5 Å². The summed E-state index contributed by atoms with van der Waals surface area (Å²) in [6.07, 6.45) is 3.59. The van der Waals surface area contributed by atoms with Gasteiger partial charge in [-0.2, -0.15) is 0 Å². The topological polar surface area (TPSA) is 60.0 Å². The molecule has 0 aliphatic carbocycles. The van der Waals surface area contributed by atoms with Crippen LogP contribution in [-0.2, 0) is 4.79 Å². The van der Waals surface area contributed by atoms with Crippen LogP contribution in [0.15, 0.2) is 48.8 Å². The number of pyridine rings is 1. The number of hydrogen-bond acceptors (Lipinski definition) is 5. The summed E-state index contributed by atoms with van der Waals surface area (Å²) in [4.78, 5) is 37.2. The second-order valence-corrected chi connectivity index (χ2v) is 7.38. The van der Waals surface area contributed by atoms with Gasteiger partial charge in [-0.25, -0.2) is 9.69 Å². The first-order chi connectivity index (χ1) is 13.5. The lowest BCUT2D eigenvalue weighted by molar-refractivity contribution is -0.128. The largest absolute Gasteiger partial charge is 0.369 e. The molecule has 2 aliphatic heterocycles. The first-order valence-electron chi connectivity index (χ1n) is 9.63. The number of urea groups is 1. The standard InChI is InChI=1S/C21H25N5O2/c1-16-3-5-19(6-4-16)26-17(2)20(27)25(21(26)28)15-23-11-13-24(14-12-23)18-7-9-22-10-8-18/h3-10,17H,11-15H2,1-2H3/t17-/m1/s1. The third-order valence-corrected chi connectivity index (χ3v) is 5.50. The second kappa shape index (κ2) is 7.59. The molecule has 2 saturated heterocycles. The van der Waals surface area contributed by atoms with Gasteiger partial charge in [0, 0.05) is 49.9 Å². The van der Waals surface area contributed by atoms with E-state index in [1.165, 1.54) is 4.90 Å². The van der Waals surface area contributed by atoms with Crippen LogP contribution in [0.4, 0.5) is 16.2 Å². The van der Waals surface area contributed by atoms with Gasteiger partial charge in [0.25, 0.3) is 5.91 Å². The van der Waals surface area contributed by atoms with Crippen LogP contribution in [0.2, 0.25) is 0 Å². The minimum absolute atomic E-state index is 0.137. The molecule has 4 rings (SSSR count). The SMILES string of the molecule is Cc1ccc(N2C(=O)N(CN3CCN(c4ccncc4)CC3)C(=O)[C@H]2C)cc1. The van der Waals surface area contributed by atoms with Crippen LogP contribution < -0.4 is 9.80 Å². The van der Waals surface area contributed by atoms with Crippen LogP contribution in [0.5, 0.6) is 0 Å². The summed E-state index contributed by atoms with van der Waals surface area (Å²) in [6.45, 7) is 7.46. The van der Waals surface area contributed by atoms with Gasteiger partial charge >= 0.3 is 6.03 Å². The number of hydrogen-bond donors (Lipinski definition) is 0. The van der Waals surface area contributed by atoms with Gasteiger partial charge in [0.1, 0.15) is 6.04 Å². The highest BCUT2D eigenvalue weighted by atomic mass is 16.2. The van der Waals surface area contributed by atoms with E-state index in [4.69, 9.17) is 0 Å². The number of aryl methyl sites for hydroxylation is 1. The molecule has 0 radical (unpaired) electrons. The van der Waals surface area contributed by atoms with Crippen molar-refractivity contribution in [3.8, 4) is 0 Å². The number of carbonyl (C=O) groups excluding carboxylic acids is 2. The molecule has 1 aromatic carbocycles. The Balaban J connectivity index is 1.40. The smallest absolute Gasteiger partial charge is 0.333 e. The third-order valence-electron chi connectivity index (χ3n) is 5.50. The lowest BCUT2D eigenvalue weighted by atomic mass is 10.2. The monoisotopic (exact) mass is 379 g/mol. The van der Waals surface area contributed by atoms with Gasteiger partial charge in [-0.05, 0) is 38.1 Å². The maximum Gasteiger partial charge on any atom is 0.333 e. The molecule has 0 saturated carbocycles. The molecule has 2 fully saturated rings. The van der Waals surface area contributed by atoms with Crippen molar-refractivity contribution in [2.45, 2.75) is 19.9 Å². The van der Waals surface area contributed by atoms with E-state index in [1.807, 2.05) is 43.3 Å². The molecule has 7 nitrogen and oxygen atoms in total. The zero-order valence-corrected chi connectivity index (χ0v) is 16.3. The minimum atomic E-state index is -0.478. The van der Waals surface area contributed by atoms with Gasteiger partial charge in [-0.1, -0.05) is 17.7 Å². The van der Waals surface area contributed by atoms with Crippen molar-refractivity contribution in [3.63, 3.8) is 0 Å². The Kier molecular flexibility index (Phi) is 5.00. The van der Waals surface area contributed by atoms with Gasteiger partial charge < -0.3 is 4.90 Å². The lowest BCUT2D eigenvalue weighted by Crippen LogP contribution is -2.51. The first kappa shape index (κ1) is 18.4. The number of benzene rings is 1. The molecule has 3 amide bonds. The number of piperazine rings is 1. The maximum atomic E-state index is 13.0. The Morgan fingerprint density at radius 3 is 2.21 bits per heavy atom. The molecule has 3 heterocycles. The summed E-state index contributed by atoms with van der Waals surface area (Å²) in [5.74, 6) is -0.137. The molecule has 28 heavy (non-hydrogen) atoms. The zero-order valence-electron chi connectivity index (χ0n) is 16.3. The number of carbonyl (C=O) groups is 2. The third kappa shape index (κ3) is 3.45. The molecule has 0 N–H and O–H groups in total. The average molecular weight is 379 g/mol. The predicted molar refractivity (Wildman–Crippen MR) is 108 cm³/mol. The van der Waals surface area contributed by atoms with Gasteiger partial charge in [0.05, 0.1) is 6.67 Å². The Bertz CT molecular complexity index is 847. The Morgan fingerprint density at radius 2 is 1.57 bits per heavy atom. The van der Waals surface area contributed by atoms with Gasteiger partial charge in [-0.15, -0.1) is 0 Å². The van der Waals surface area contributed by atoms with E-state index < -0.39 is 6.04 Å². The fourth-order valence-electron chi connectivity index (χ4n) is 3.80. The molecule has 2 aromatic rings. The number of imide groups is 1. The fourth-order valence-corrected chi connectivity index (χ4v) is 3.80. The van der Waals surface area contributed by atoms with E-state index in [9.17, 15) is 9.59 Å². The summed E-state index contributed by atoms with van der Waals surface area (Å²) in [7, 11) is 0. The Hall–Kier alpha value is -2.93. The quantitative estimate of drug-likeness (QED) is 0.763. The summed E-state index contributed by atoms with van der Waals surface area (Å²) >= 11 is 0. The van der Waals surface area contributed by atoms with Crippen molar-refractivity contribution in [2.24, 2.45) is 0 Å². The Labute approximate surface area is 165 Å². The molecule has 1 aromatic heterocycles. The molecular formula is C21H25N5O2. The van der Waals surface area contributed by atoms with Crippen molar-refractivity contribution >= 4 is 23.3 Å². The molecule has 7 heteroatoms. The number of aromatic nitrogens is 1. The molecular weight excluding hydrogens is 354 g/mol. The molecule has 0 bridgehead atoms. The van der Waals surface area contributed by atoms with Crippen molar-refractivity contribution in [2.75, 3.05) is 42.6 Å². The van der Waals surface area contributed by atoms with Crippen molar-refractivity contribution in [1.29, 1.82) is 0 Å². The van der Waals surface area contributed by atoms with E-state index in [0.717, 1.165) is 43.1 Å². The number of nitrogens with zero attached hydrogens (tertiary/aromatic N) is 5. The second-order valence-electron chi connectivity index (χ2n) is 7.38. The van der Waals surface area contributed by atoms with E-state index >= 15 is 0 Å². The lowest BCUT2D eigenvalue weighted by Gasteiger charge is -2.37. The summed E-state index contributed by atoms with van der Waals surface area (Å²) < 4.78 is 0. The molecule has 146 valence electrons. The number of rotatable bonds is 4. The Morgan fingerprint density at radius 1 is 0.929 bits per heavy atom. The van der Waals surface area contributed by atoms with Crippen LogP contribution in [-0.4, -0.2) is 65.6 Å². The number of amides is 3. The maximum absolute atomic E-state index is 13.0. The molecule has 1 atom stereocenters. The molecule has 0 unspecified atom stereocenters. The van der Waals surface area contributed by atoms with Gasteiger partial charge in [0.15, 0.2) is 0 Å². The van der Waals surface area contributed by atoms with Gasteiger partial charge in [0.2, 0.25) is 0 Å². The van der Waals surface area contributed by atoms with Gasteiger partial charge in [-0.3, -0.25) is 19.6 Å². The number of anilines is 2. The van der Waals surface area contributed by atoms with Crippen molar-refractivity contribution in [1.82, 2.24) is 14.8 Å². The summed E-state index contributed by atoms with van der Waals surface area (Å²) in [5, 5.41) is 0. The highest BCUT2D eigenvalue weighted by Gasteiger charge is 2.44. The highest BCUT2D eigenvalue weighted by Crippen LogP contribution is 2.26. The summed E-state index contributed by atoms with van der Waals surface area (Å²) in [5.41, 5.74) is 3.04. The fraction of sp³-hybridized carbons (Fsp3) is 0.381. The van der Waals surface area contributed by atoms with Crippen LogP contribution >= 0.6 is 0 Å². The first-order valence-corrected chi connectivity index (χ1v) is 9.63. The van der Waals surface area contributed by atoms with Crippen molar-refractivity contribution < 1.29 is 9.59 Å². The highest BCUT2D eigenvalue weighted by molar-refractivity contribution is 6.14. The van der Waals surface area contributed by atoms with E-state index in [-0.39, 0.29) is 11.9 Å². The van der Waals surface area contributed by atoms with Crippen LogP contribution in [0, 0.1) is 6.92 Å². The van der Waals surface area contributed by atoms with Crippen LogP contribution in [0.3, 0.4) is 0 Å². The minimum Gasteiger partial charge on any atom is -0.369 e. The van der Waals surface area contributed by atoms with E-state index in [2.05, 4.69) is 14.8 Å². The van der Waals surface area contributed by atoms with E-state index in [0.29, 0.717) is 6.67 Å². The summed E-state index contributed by atoms with van der Waals surface area (Å²) in [6, 6.07) is 11.0. The average Bonchev–Trinajstić information content (AvgIpc) is 2.93. The molecule has 2 aliphatic rings. The molecule has 0 spiro atoms. The van der Waals surface area contributed by atoms with E-state index in [1.54, 1.807) is 24.2 Å².